The van der Waals surface area contributed by atoms with Gasteiger partial charge in [-0.15, -0.1) is 5.10 Å². The number of hydrogen-bond donors (Lipinski definition) is 2. The van der Waals surface area contributed by atoms with E-state index in [1.54, 1.807) is 10.9 Å². The lowest BCUT2D eigenvalue weighted by atomic mass is 10.2. The second-order valence-electron chi connectivity index (χ2n) is 2.62. The van der Waals surface area contributed by atoms with Crippen molar-refractivity contribution in [1.29, 1.82) is 0 Å². The van der Waals surface area contributed by atoms with Crippen molar-refractivity contribution in [3.63, 3.8) is 0 Å². The van der Waals surface area contributed by atoms with Crippen molar-refractivity contribution in [2.75, 3.05) is 6.61 Å². The van der Waals surface area contributed by atoms with E-state index in [-0.39, 0.29) is 12.6 Å². The molecule has 0 bridgehead atoms. The van der Waals surface area contributed by atoms with E-state index in [0.29, 0.717) is 6.42 Å². The summed E-state index contributed by atoms with van der Waals surface area (Å²) in [7, 11) is 0. The van der Waals surface area contributed by atoms with Crippen molar-refractivity contribution in [3.05, 3.63) is 11.9 Å². The first-order valence-corrected chi connectivity index (χ1v) is 4.04. The first-order valence-electron chi connectivity index (χ1n) is 4.04. The Labute approximate surface area is 71.2 Å². The summed E-state index contributed by atoms with van der Waals surface area (Å²) >= 11 is 0. The highest BCUT2D eigenvalue weighted by Gasteiger charge is 2.08. The summed E-state index contributed by atoms with van der Waals surface area (Å²) in [6.45, 7) is 2.86. The molecule has 0 saturated carbocycles. The summed E-state index contributed by atoms with van der Waals surface area (Å²) < 4.78 is 1.71. The van der Waals surface area contributed by atoms with Gasteiger partial charge in [-0.1, -0.05) is 5.21 Å². The van der Waals surface area contributed by atoms with E-state index < -0.39 is 0 Å². The van der Waals surface area contributed by atoms with Gasteiger partial charge < -0.3 is 10.8 Å². The molecule has 5 nitrogen and oxygen atoms in total. The summed E-state index contributed by atoms with van der Waals surface area (Å²) in [6.07, 6.45) is 2.34. The van der Waals surface area contributed by atoms with Crippen LogP contribution < -0.4 is 5.73 Å². The molecule has 1 heterocycles. The summed E-state index contributed by atoms with van der Waals surface area (Å²) in [5.41, 5.74) is 6.44. The molecule has 0 aromatic carbocycles. The van der Waals surface area contributed by atoms with Gasteiger partial charge in [-0.2, -0.15) is 0 Å². The van der Waals surface area contributed by atoms with Gasteiger partial charge in [-0.25, -0.2) is 0 Å². The van der Waals surface area contributed by atoms with Gasteiger partial charge in [0, 0.05) is 13.2 Å². The smallest absolute Gasteiger partial charge is 0.0994 e. The molecule has 68 valence electrons. The molecule has 1 rings (SSSR count). The normalized spacial score (nSPS) is 13.2. The van der Waals surface area contributed by atoms with Gasteiger partial charge in [0.2, 0.25) is 0 Å². The molecule has 0 aliphatic heterocycles. The number of aliphatic hydroxyl groups excluding tert-OH is 1. The molecule has 0 radical (unpaired) electrons. The number of hydrogen-bond acceptors (Lipinski definition) is 4. The first-order chi connectivity index (χ1) is 5.77. The molecule has 0 aliphatic rings. The Hall–Kier alpha value is -0.940. The highest BCUT2D eigenvalue weighted by atomic mass is 16.3. The number of nitrogens with two attached hydrogens (primary N) is 1. The molecule has 5 heteroatoms. The zero-order chi connectivity index (χ0) is 8.97. The van der Waals surface area contributed by atoms with Gasteiger partial charge in [-0.3, -0.25) is 4.68 Å². The lowest BCUT2D eigenvalue weighted by Crippen LogP contribution is -2.12. The minimum atomic E-state index is -0.199. The molecule has 0 aliphatic carbocycles. The summed E-state index contributed by atoms with van der Waals surface area (Å²) in [6, 6.07) is -0.199. The standard InChI is InChI=1S/C7H14N4O/c1-2-11-5-7(9-10-11)6(8)3-4-12/h5-6,12H,2-4,8H2,1H3. The lowest BCUT2D eigenvalue weighted by Gasteiger charge is -2.03. The summed E-state index contributed by atoms with van der Waals surface area (Å²) in [5.74, 6) is 0. The Morgan fingerprint density at radius 1 is 1.75 bits per heavy atom. The van der Waals surface area contributed by atoms with E-state index in [1.165, 1.54) is 0 Å². The molecule has 3 N–H and O–H groups in total. The maximum Gasteiger partial charge on any atom is 0.0994 e. The topological polar surface area (TPSA) is 77.0 Å². The van der Waals surface area contributed by atoms with Crippen molar-refractivity contribution < 1.29 is 5.11 Å². The fraction of sp³-hybridized carbons (Fsp3) is 0.714. The van der Waals surface area contributed by atoms with Gasteiger partial charge in [-0.05, 0) is 13.3 Å². The van der Waals surface area contributed by atoms with Gasteiger partial charge >= 0.3 is 0 Å². The molecule has 1 aromatic rings. The van der Waals surface area contributed by atoms with Crippen LogP contribution in [0.1, 0.15) is 25.1 Å². The fourth-order valence-electron chi connectivity index (χ4n) is 0.925. The number of aromatic nitrogens is 3. The minimum Gasteiger partial charge on any atom is -0.396 e. The molecular formula is C7H14N4O. The van der Waals surface area contributed by atoms with Crippen LogP contribution in [-0.4, -0.2) is 26.7 Å². The third kappa shape index (κ3) is 2.02. The average Bonchev–Trinajstić information content (AvgIpc) is 2.52. The number of rotatable bonds is 4. The van der Waals surface area contributed by atoms with Crippen LogP contribution in [0.5, 0.6) is 0 Å². The van der Waals surface area contributed by atoms with Crippen molar-refractivity contribution >= 4 is 0 Å². The molecule has 12 heavy (non-hydrogen) atoms. The number of aryl methyl sites for hydroxylation is 1. The molecular weight excluding hydrogens is 156 g/mol. The highest BCUT2D eigenvalue weighted by molar-refractivity contribution is 4.99. The Kier molecular flexibility index (Phi) is 3.19. The van der Waals surface area contributed by atoms with Crippen molar-refractivity contribution in [2.24, 2.45) is 5.73 Å². The quantitative estimate of drug-likeness (QED) is 0.649. The number of nitrogens with zero attached hydrogens (tertiary/aromatic N) is 3. The Morgan fingerprint density at radius 3 is 3.00 bits per heavy atom. The van der Waals surface area contributed by atoms with Crippen LogP contribution in [0.4, 0.5) is 0 Å². The van der Waals surface area contributed by atoms with Crippen LogP contribution in [0, 0.1) is 0 Å². The zero-order valence-corrected chi connectivity index (χ0v) is 7.14. The SMILES string of the molecule is CCn1cc(C(N)CCO)nn1. The predicted molar refractivity (Wildman–Crippen MR) is 44.3 cm³/mol. The maximum atomic E-state index is 8.63. The molecule has 1 aromatic heterocycles. The predicted octanol–water partition coefficient (Wildman–Crippen LogP) is -0.320. The summed E-state index contributed by atoms with van der Waals surface area (Å²) in [5, 5.41) is 16.4. The fourth-order valence-corrected chi connectivity index (χ4v) is 0.925. The molecule has 1 atom stereocenters. The monoisotopic (exact) mass is 170 g/mol. The van der Waals surface area contributed by atoms with E-state index in [1.807, 2.05) is 6.92 Å². The van der Waals surface area contributed by atoms with Crippen molar-refractivity contribution in [2.45, 2.75) is 25.9 Å². The molecule has 1 unspecified atom stereocenters. The zero-order valence-electron chi connectivity index (χ0n) is 7.14. The minimum absolute atomic E-state index is 0.0835. The van der Waals surface area contributed by atoms with Crippen LogP contribution in [-0.2, 0) is 6.54 Å². The Balaban J connectivity index is 2.61. The lowest BCUT2D eigenvalue weighted by molar-refractivity contribution is 0.275. The molecule has 0 amide bonds. The van der Waals surface area contributed by atoms with Crippen LogP contribution in [0.2, 0.25) is 0 Å². The van der Waals surface area contributed by atoms with Gasteiger partial charge in [0.25, 0.3) is 0 Å². The van der Waals surface area contributed by atoms with E-state index in [9.17, 15) is 0 Å². The molecule has 0 saturated heterocycles. The molecule has 0 fully saturated rings. The van der Waals surface area contributed by atoms with Crippen molar-refractivity contribution in [3.8, 4) is 0 Å². The third-order valence-electron chi connectivity index (χ3n) is 1.70. The number of aliphatic hydroxyl groups is 1. The van der Waals surface area contributed by atoms with Crippen LogP contribution in [0.25, 0.3) is 0 Å². The van der Waals surface area contributed by atoms with Gasteiger partial charge in [0.05, 0.1) is 17.9 Å². The summed E-state index contributed by atoms with van der Waals surface area (Å²) in [4.78, 5) is 0. The second kappa shape index (κ2) is 4.18. The van der Waals surface area contributed by atoms with Crippen LogP contribution >= 0.6 is 0 Å². The average molecular weight is 170 g/mol. The largest absolute Gasteiger partial charge is 0.396 e. The van der Waals surface area contributed by atoms with E-state index in [4.69, 9.17) is 10.8 Å². The maximum absolute atomic E-state index is 8.63. The van der Waals surface area contributed by atoms with E-state index >= 15 is 0 Å². The van der Waals surface area contributed by atoms with Crippen molar-refractivity contribution in [1.82, 2.24) is 15.0 Å². The van der Waals surface area contributed by atoms with Gasteiger partial charge in [0.15, 0.2) is 0 Å². The van der Waals surface area contributed by atoms with E-state index in [2.05, 4.69) is 10.3 Å². The Bertz CT molecular complexity index is 235. The van der Waals surface area contributed by atoms with Crippen LogP contribution in [0.3, 0.4) is 0 Å². The highest BCUT2D eigenvalue weighted by Crippen LogP contribution is 2.08. The Morgan fingerprint density at radius 2 is 2.50 bits per heavy atom. The van der Waals surface area contributed by atoms with E-state index in [0.717, 1.165) is 12.2 Å². The first kappa shape index (κ1) is 9.15. The third-order valence-corrected chi connectivity index (χ3v) is 1.70. The molecule has 0 spiro atoms. The van der Waals surface area contributed by atoms with Crippen LogP contribution in [0.15, 0.2) is 6.20 Å². The van der Waals surface area contributed by atoms with Gasteiger partial charge in [0.1, 0.15) is 0 Å². The second-order valence-corrected chi connectivity index (χ2v) is 2.62.